The summed E-state index contributed by atoms with van der Waals surface area (Å²) in [6.07, 6.45) is 2.01. The second-order valence-electron chi connectivity index (χ2n) is 6.53. The van der Waals surface area contributed by atoms with Crippen molar-refractivity contribution >= 4 is 23.5 Å². The minimum Gasteiger partial charge on any atom is -0.274 e. The summed E-state index contributed by atoms with van der Waals surface area (Å²) in [5.41, 5.74) is 4.26. The zero-order valence-electron chi connectivity index (χ0n) is 16.2. The molecule has 0 spiro atoms. The van der Waals surface area contributed by atoms with Crippen molar-refractivity contribution in [3.8, 4) is 5.69 Å². The molecular formula is C20H22N4O2S2. The maximum atomic E-state index is 11.3. The molecule has 3 aromatic rings. The molecule has 2 aromatic carbocycles. The van der Waals surface area contributed by atoms with E-state index in [1.54, 1.807) is 11.8 Å². The summed E-state index contributed by atoms with van der Waals surface area (Å²) in [7, 11) is 0. The topological polar surface area (TPSA) is 73.8 Å². The molecule has 0 saturated heterocycles. The van der Waals surface area contributed by atoms with E-state index in [0.717, 1.165) is 22.0 Å². The molecule has 0 aliphatic rings. The first-order valence-electron chi connectivity index (χ1n) is 8.81. The Morgan fingerprint density at radius 3 is 2.39 bits per heavy atom. The molecule has 0 saturated carbocycles. The molecule has 146 valence electrons. The van der Waals surface area contributed by atoms with Gasteiger partial charge in [0.1, 0.15) is 11.1 Å². The largest absolute Gasteiger partial charge is 0.274 e. The number of rotatable bonds is 7. The predicted octanol–water partition coefficient (Wildman–Crippen LogP) is 5.02. The van der Waals surface area contributed by atoms with Gasteiger partial charge in [-0.05, 0) is 68.0 Å². The van der Waals surface area contributed by atoms with Gasteiger partial charge in [0.25, 0.3) is 0 Å². The molecule has 1 atom stereocenters. The fourth-order valence-electron chi connectivity index (χ4n) is 2.87. The van der Waals surface area contributed by atoms with E-state index in [-0.39, 0.29) is 16.7 Å². The highest BCUT2D eigenvalue weighted by Gasteiger charge is 2.23. The number of benzene rings is 2. The molecule has 1 aromatic heterocycles. The Kier molecular flexibility index (Phi) is 6.41. The van der Waals surface area contributed by atoms with Gasteiger partial charge in [-0.1, -0.05) is 30.0 Å². The van der Waals surface area contributed by atoms with Crippen LogP contribution in [0.5, 0.6) is 0 Å². The first-order chi connectivity index (χ1) is 13.4. The van der Waals surface area contributed by atoms with Crippen LogP contribution in [0.4, 0.5) is 0 Å². The average Bonchev–Trinajstić information content (AvgIpc) is 3.03. The van der Waals surface area contributed by atoms with E-state index < -0.39 is 0 Å². The summed E-state index contributed by atoms with van der Waals surface area (Å²) in [5, 5.41) is 20.1. The van der Waals surface area contributed by atoms with Crippen LogP contribution in [-0.4, -0.2) is 32.5 Å². The van der Waals surface area contributed by atoms with Gasteiger partial charge in [0.15, 0.2) is 5.16 Å². The van der Waals surface area contributed by atoms with E-state index in [4.69, 9.17) is 0 Å². The minimum atomic E-state index is -0.347. The molecule has 0 aliphatic heterocycles. The van der Waals surface area contributed by atoms with Crippen molar-refractivity contribution in [1.82, 2.24) is 14.8 Å². The number of aryl methyl sites for hydroxylation is 3. The Morgan fingerprint density at radius 1 is 1.07 bits per heavy atom. The number of aromatic nitrogens is 3. The highest BCUT2D eigenvalue weighted by Crippen LogP contribution is 2.36. The van der Waals surface area contributed by atoms with E-state index in [2.05, 4.69) is 36.2 Å². The molecular weight excluding hydrogens is 392 g/mol. The van der Waals surface area contributed by atoms with Gasteiger partial charge in [-0.2, -0.15) is 0 Å². The van der Waals surface area contributed by atoms with Crippen LogP contribution < -0.4 is 0 Å². The summed E-state index contributed by atoms with van der Waals surface area (Å²) in [4.78, 5) is 12.1. The van der Waals surface area contributed by atoms with Gasteiger partial charge in [-0.25, -0.2) is 0 Å². The molecule has 28 heavy (non-hydrogen) atoms. The molecule has 1 heterocycles. The van der Waals surface area contributed by atoms with Gasteiger partial charge >= 0.3 is 0 Å². The summed E-state index contributed by atoms with van der Waals surface area (Å²) >= 11 is 3.02. The SMILES string of the molecule is CSc1ccc([C@@H](C[N+](=O)[O-])Sc2nnc(C)n2-c2ccc(C)c(C)c2)cc1. The van der Waals surface area contributed by atoms with Crippen molar-refractivity contribution in [2.24, 2.45) is 0 Å². The number of hydrogen-bond donors (Lipinski definition) is 0. The average molecular weight is 415 g/mol. The maximum absolute atomic E-state index is 11.3. The van der Waals surface area contributed by atoms with E-state index in [0.29, 0.717) is 5.16 Å². The predicted molar refractivity (Wildman–Crippen MR) is 114 cm³/mol. The lowest BCUT2D eigenvalue weighted by Gasteiger charge is -2.15. The lowest BCUT2D eigenvalue weighted by molar-refractivity contribution is -0.479. The van der Waals surface area contributed by atoms with Crippen LogP contribution in [0.3, 0.4) is 0 Å². The van der Waals surface area contributed by atoms with E-state index >= 15 is 0 Å². The van der Waals surface area contributed by atoms with Crippen LogP contribution in [0.1, 0.15) is 27.8 Å². The lowest BCUT2D eigenvalue weighted by Crippen LogP contribution is -2.11. The Morgan fingerprint density at radius 2 is 1.79 bits per heavy atom. The molecule has 0 aliphatic carbocycles. The fourth-order valence-corrected chi connectivity index (χ4v) is 4.46. The Hall–Kier alpha value is -2.32. The van der Waals surface area contributed by atoms with Crippen molar-refractivity contribution in [2.75, 3.05) is 12.8 Å². The third-order valence-electron chi connectivity index (χ3n) is 4.59. The molecule has 0 N–H and O–H groups in total. The third kappa shape index (κ3) is 4.56. The summed E-state index contributed by atoms with van der Waals surface area (Å²) in [6, 6.07) is 14.1. The van der Waals surface area contributed by atoms with Crippen molar-refractivity contribution in [3.05, 3.63) is 75.1 Å². The first-order valence-corrected chi connectivity index (χ1v) is 10.9. The van der Waals surface area contributed by atoms with Gasteiger partial charge in [-0.3, -0.25) is 14.7 Å². The van der Waals surface area contributed by atoms with Crippen LogP contribution in [-0.2, 0) is 0 Å². The quantitative estimate of drug-likeness (QED) is 0.307. The highest BCUT2D eigenvalue weighted by molar-refractivity contribution is 7.99. The highest BCUT2D eigenvalue weighted by atomic mass is 32.2. The maximum Gasteiger partial charge on any atom is 0.220 e. The van der Waals surface area contributed by atoms with Gasteiger partial charge < -0.3 is 0 Å². The smallest absolute Gasteiger partial charge is 0.220 e. The van der Waals surface area contributed by atoms with Crippen molar-refractivity contribution < 1.29 is 4.92 Å². The normalized spacial score (nSPS) is 12.1. The third-order valence-corrected chi connectivity index (χ3v) is 6.52. The summed E-state index contributed by atoms with van der Waals surface area (Å²) in [6.45, 7) is 5.84. The number of nitro groups is 1. The second-order valence-corrected chi connectivity index (χ2v) is 8.58. The molecule has 6 nitrogen and oxygen atoms in total. The minimum absolute atomic E-state index is 0.178. The number of thioether (sulfide) groups is 2. The van der Waals surface area contributed by atoms with Crippen molar-refractivity contribution in [2.45, 2.75) is 36.1 Å². The van der Waals surface area contributed by atoms with E-state index in [9.17, 15) is 10.1 Å². The lowest BCUT2D eigenvalue weighted by atomic mass is 10.1. The van der Waals surface area contributed by atoms with Crippen molar-refractivity contribution in [1.29, 1.82) is 0 Å². The zero-order chi connectivity index (χ0) is 20.3. The Balaban J connectivity index is 1.97. The number of hydrogen-bond acceptors (Lipinski definition) is 6. The van der Waals surface area contributed by atoms with Crippen molar-refractivity contribution in [3.63, 3.8) is 0 Å². The Bertz CT molecular complexity index is 986. The molecule has 0 unspecified atom stereocenters. The molecule has 0 bridgehead atoms. The standard InChI is InChI=1S/C20H22N4O2S2/c1-13-5-8-17(11-14(13)2)24-15(3)21-22-20(24)28-19(12-23(25)26)16-6-9-18(27-4)10-7-16/h5-11,19H,12H2,1-4H3/t19-/m1/s1. The zero-order valence-corrected chi connectivity index (χ0v) is 17.9. The van der Waals surface area contributed by atoms with Crippen LogP contribution >= 0.6 is 23.5 Å². The molecule has 0 radical (unpaired) electrons. The van der Waals surface area contributed by atoms with Crippen LogP contribution in [0, 0.1) is 30.9 Å². The number of nitrogens with zero attached hydrogens (tertiary/aromatic N) is 4. The molecule has 3 rings (SSSR count). The summed E-state index contributed by atoms with van der Waals surface area (Å²) < 4.78 is 1.96. The van der Waals surface area contributed by atoms with Gasteiger partial charge in [0.05, 0.1) is 0 Å². The van der Waals surface area contributed by atoms with Gasteiger partial charge in [0, 0.05) is 15.5 Å². The second kappa shape index (κ2) is 8.79. The van der Waals surface area contributed by atoms with Crippen LogP contribution in [0.25, 0.3) is 5.69 Å². The van der Waals surface area contributed by atoms with Crippen LogP contribution in [0.2, 0.25) is 0 Å². The van der Waals surface area contributed by atoms with Gasteiger partial charge in [0.2, 0.25) is 6.54 Å². The van der Waals surface area contributed by atoms with E-state index in [1.807, 2.05) is 48.1 Å². The van der Waals surface area contributed by atoms with Crippen LogP contribution in [0.15, 0.2) is 52.5 Å². The summed E-state index contributed by atoms with van der Waals surface area (Å²) in [5.74, 6) is 0.753. The monoisotopic (exact) mass is 414 g/mol. The molecule has 0 amide bonds. The molecule has 0 fully saturated rings. The Labute approximate surface area is 172 Å². The molecule has 8 heteroatoms. The fraction of sp³-hybridized carbons (Fsp3) is 0.300. The first kappa shape index (κ1) is 20.4. The van der Waals surface area contributed by atoms with Gasteiger partial charge in [-0.15, -0.1) is 22.0 Å². The van der Waals surface area contributed by atoms with E-state index in [1.165, 1.54) is 22.9 Å².